The second kappa shape index (κ2) is 7.49. The van der Waals surface area contributed by atoms with Gasteiger partial charge in [-0.3, -0.25) is 4.79 Å². The molecule has 0 spiro atoms. The van der Waals surface area contributed by atoms with Crippen molar-refractivity contribution < 1.29 is 13.2 Å². The minimum absolute atomic E-state index is 0.0440. The summed E-state index contributed by atoms with van der Waals surface area (Å²) in [5.74, 6) is 1.92. The van der Waals surface area contributed by atoms with Crippen molar-refractivity contribution in [1.82, 2.24) is 4.57 Å². The third-order valence-corrected chi connectivity index (χ3v) is 6.64. The van der Waals surface area contributed by atoms with Gasteiger partial charge < -0.3 is 4.57 Å². The lowest BCUT2D eigenvalue weighted by molar-refractivity contribution is 0.0997. The molecule has 1 amide bonds. The average Bonchev–Trinajstić information content (AvgIpc) is 2.97. The van der Waals surface area contributed by atoms with Crippen LogP contribution >= 0.6 is 34.5 Å². The first-order valence-electron chi connectivity index (χ1n) is 7.52. The number of benzene rings is 2. The van der Waals surface area contributed by atoms with Crippen molar-refractivity contribution in [3.05, 3.63) is 56.8 Å². The molecule has 0 saturated carbocycles. The van der Waals surface area contributed by atoms with Gasteiger partial charge in [0.25, 0.3) is 5.91 Å². The Labute approximate surface area is 169 Å². The number of hydrogen-bond acceptors (Lipinski definition) is 4. The van der Waals surface area contributed by atoms with E-state index in [4.69, 9.17) is 29.6 Å². The van der Waals surface area contributed by atoms with Crippen molar-refractivity contribution >= 4 is 60.5 Å². The van der Waals surface area contributed by atoms with E-state index >= 15 is 0 Å². The molecule has 0 N–H and O–H groups in total. The van der Waals surface area contributed by atoms with E-state index in [1.54, 1.807) is 16.7 Å². The molecule has 0 aliphatic heterocycles. The molecule has 0 aliphatic rings. The highest BCUT2D eigenvalue weighted by atomic mass is 35.5. The number of halogens is 2. The second-order valence-electron chi connectivity index (χ2n) is 5.60. The smallest absolute Gasteiger partial charge is 0.279 e. The molecule has 1 aromatic heterocycles. The summed E-state index contributed by atoms with van der Waals surface area (Å²) in [5, 5.41) is 0.909. The van der Waals surface area contributed by atoms with E-state index in [0.29, 0.717) is 25.1 Å². The summed E-state index contributed by atoms with van der Waals surface area (Å²) in [7, 11) is -3.44. The highest BCUT2D eigenvalue weighted by Gasteiger charge is 2.15. The van der Waals surface area contributed by atoms with Gasteiger partial charge in [0.1, 0.15) is 0 Å². The summed E-state index contributed by atoms with van der Waals surface area (Å²) in [5.41, 5.74) is 0.753. The fourth-order valence-electron chi connectivity index (χ4n) is 2.45. The summed E-state index contributed by atoms with van der Waals surface area (Å²) in [6, 6.07) is 9.01. The van der Waals surface area contributed by atoms with Gasteiger partial charge in [0.2, 0.25) is 0 Å². The Hall–Kier alpha value is -2.11. The van der Waals surface area contributed by atoms with Crippen molar-refractivity contribution in [2.75, 3.05) is 6.26 Å². The molecule has 0 aliphatic carbocycles. The zero-order valence-electron chi connectivity index (χ0n) is 13.9. The molecule has 3 rings (SSSR count). The second-order valence-corrected chi connectivity index (χ2v) is 9.41. The van der Waals surface area contributed by atoms with Crippen LogP contribution in [0.15, 0.2) is 46.3 Å². The van der Waals surface area contributed by atoms with E-state index in [-0.39, 0.29) is 17.0 Å². The fourth-order valence-corrected chi connectivity index (χ4v) is 4.76. The zero-order valence-corrected chi connectivity index (χ0v) is 17.1. The van der Waals surface area contributed by atoms with E-state index in [0.717, 1.165) is 6.26 Å². The van der Waals surface area contributed by atoms with Crippen molar-refractivity contribution in [1.29, 1.82) is 0 Å². The number of thiazole rings is 1. The van der Waals surface area contributed by atoms with Crippen LogP contribution in [-0.2, 0) is 16.4 Å². The maximum Gasteiger partial charge on any atom is 0.279 e. The maximum absolute atomic E-state index is 12.6. The van der Waals surface area contributed by atoms with Crippen molar-refractivity contribution in [2.24, 2.45) is 4.99 Å². The monoisotopic (exact) mass is 438 g/mol. The SMILES string of the molecule is C#CCn1c(=NC(=O)c2cccc(S(C)(=O)=O)c2)sc2c(Cl)ccc(Cl)c21. The number of terminal acetylenes is 1. The van der Waals surface area contributed by atoms with Gasteiger partial charge in [-0.2, -0.15) is 4.99 Å². The molecular weight excluding hydrogens is 427 g/mol. The molecule has 1 heterocycles. The van der Waals surface area contributed by atoms with Crippen LogP contribution in [0.2, 0.25) is 10.0 Å². The Morgan fingerprint density at radius 2 is 1.96 bits per heavy atom. The van der Waals surface area contributed by atoms with Gasteiger partial charge in [-0.05, 0) is 30.3 Å². The number of fused-ring (bicyclic) bond motifs is 1. The molecule has 0 unspecified atom stereocenters. The molecule has 27 heavy (non-hydrogen) atoms. The van der Waals surface area contributed by atoms with Crippen LogP contribution in [0.1, 0.15) is 10.4 Å². The number of amides is 1. The van der Waals surface area contributed by atoms with Crippen molar-refractivity contribution in [2.45, 2.75) is 11.4 Å². The van der Waals surface area contributed by atoms with Gasteiger partial charge in [0.05, 0.1) is 31.7 Å². The molecule has 2 aromatic carbocycles. The maximum atomic E-state index is 12.6. The molecule has 0 atom stereocenters. The summed E-state index contributed by atoms with van der Waals surface area (Å²) in [6.45, 7) is 0.148. The van der Waals surface area contributed by atoms with Crippen LogP contribution in [-0.4, -0.2) is 25.1 Å². The number of carbonyl (C=O) groups is 1. The zero-order chi connectivity index (χ0) is 19.8. The first-order chi connectivity index (χ1) is 12.7. The largest absolute Gasteiger partial charge is 0.303 e. The Balaban J connectivity index is 2.21. The minimum Gasteiger partial charge on any atom is -0.303 e. The molecule has 0 fully saturated rings. The molecule has 0 saturated heterocycles. The quantitative estimate of drug-likeness (QED) is 0.584. The fraction of sp³-hybridized carbons (Fsp3) is 0.111. The predicted octanol–water partition coefficient (Wildman–Crippen LogP) is 3.79. The van der Waals surface area contributed by atoms with Crippen LogP contribution < -0.4 is 4.80 Å². The molecule has 0 bridgehead atoms. The standard InChI is InChI=1S/C18H12Cl2N2O3S2/c1-3-9-22-15-13(19)7-8-14(20)16(15)26-18(22)21-17(23)11-5-4-6-12(10-11)27(2,24)25/h1,4-8,10H,9H2,2H3. The minimum atomic E-state index is -3.44. The van der Waals surface area contributed by atoms with Gasteiger partial charge >= 0.3 is 0 Å². The van der Waals surface area contributed by atoms with Gasteiger partial charge in [-0.1, -0.05) is 46.5 Å². The molecule has 0 radical (unpaired) electrons. The Bertz CT molecular complexity index is 1280. The summed E-state index contributed by atoms with van der Waals surface area (Å²) >= 11 is 13.7. The van der Waals surface area contributed by atoms with Gasteiger partial charge in [-0.15, -0.1) is 6.42 Å². The topological polar surface area (TPSA) is 68.5 Å². The van der Waals surface area contributed by atoms with E-state index in [1.165, 1.54) is 35.6 Å². The number of hydrogen-bond donors (Lipinski definition) is 0. The van der Waals surface area contributed by atoms with Gasteiger partial charge in [-0.25, -0.2) is 8.42 Å². The van der Waals surface area contributed by atoms with E-state index in [2.05, 4.69) is 10.9 Å². The van der Waals surface area contributed by atoms with E-state index in [9.17, 15) is 13.2 Å². The normalized spacial score (nSPS) is 12.3. The lowest BCUT2D eigenvalue weighted by Gasteiger charge is -2.03. The molecule has 5 nitrogen and oxygen atoms in total. The van der Waals surface area contributed by atoms with Crippen molar-refractivity contribution in [3.63, 3.8) is 0 Å². The third kappa shape index (κ3) is 3.94. The van der Waals surface area contributed by atoms with Gasteiger partial charge in [0, 0.05) is 11.8 Å². The number of nitrogens with zero attached hydrogens (tertiary/aromatic N) is 2. The number of rotatable bonds is 3. The van der Waals surface area contributed by atoms with Crippen LogP contribution in [0.5, 0.6) is 0 Å². The van der Waals surface area contributed by atoms with Crippen molar-refractivity contribution in [3.8, 4) is 12.3 Å². The summed E-state index contributed by atoms with van der Waals surface area (Å²) < 4.78 is 25.7. The van der Waals surface area contributed by atoms with Crippen LogP contribution in [0.4, 0.5) is 0 Å². The predicted molar refractivity (Wildman–Crippen MR) is 108 cm³/mol. The number of aromatic nitrogens is 1. The highest BCUT2D eigenvalue weighted by molar-refractivity contribution is 7.90. The van der Waals surface area contributed by atoms with Crippen LogP contribution in [0.25, 0.3) is 10.2 Å². The number of sulfone groups is 1. The summed E-state index contributed by atoms with van der Waals surface area (Å²) in [6.07, 6.45) is 6.52. The Kier molecular flexibility index (Phi) is 5.45. The summed E-state index contributed by atoms with van der Waals surface area (Å²) in [4.78, 5) is 17.1. The third-order valence-electron chi connectivity index (χ3n) is 3.68. The molecule has 138 valence electrons. The lowest BCUT2D eigenvalue weighted by Crippen LogP contribution is -2.16. The average molecular weight is 439 g/mol. The lowest BCUT2D eigenvalue weighted by atomic mass is 10.2. The first-order valence-corrected chi connectivity index (χ1v) is 11.0. The van der Waals surface area contributed by atoms with Crippen LogP contribution in [0, 0.1) is 12.3 Å². The van der Waals surface area contributed by atoms with E-state index in [1.807, 2.05) is 0 Å². The number of carbonyl (C=O) groups excluding carboxylic acids is 1. The molecule has 9 heteroatoms. The first kappa shape index (κ1) is 19.6. The molecule has 3 aromatic rings. The van der Waals surface area contributed by atoms with Crippen LogP contribution in [0.3, 0.4) is 0 Å². The highest BCUT2D eigenvalue weighted by Crippen LogP contribution is 2.31. The van der Waals surface area contributed by atoms with E-state index < -0.39 is 15.7 Å². The Morgan fingerprint density at radius 1 is 1.26 bits per heavy atom. The molecular formula is C18H12Cl2N2O3S2. The Morgan fingerprint density at radius 3 is 2.63 bits per heavy atom. The van der Waals surface area contributed by atoms with Gasteiger partial charge in [0.15, 0.2) is 14.6 Å².